The van der Waals surface area contributed by atoms with Crippen LogP contribution >= 0.6 is 0 Å². The number of fused-ring (bicyclic) bond motifs is 1. The molecule has 0 atom stereocenters. The zero-order valence-corrected chi connectivity index (χ0v) is 13.2. The summed E-state index contributed by atoms with van der Waals surface area (Å²) in [6, 6.07) is 8.05. The van der Waals surface area contributed by atoms with E-state index >= 15 is 0 Å². The highest BCUT2D eigenvalue weighted by Gasteiger charge is 2.05. The van der Waals surface area contributed by atoms with Crippen LogP contribution in [0.15, 0.2) is 30.5 Å². The van der Waals surface area contributed by atoms with Gasteiger partial charge in [-0.2, -0.15) is 0 Å². The van der Waals surface area contributed by atoms with Crippen molar-refractivity contribution in [3.8, 4) is 5.75 Å². The quantitative estimate of drug-likeness (QED) is 0.755. The normalized spacial score (nSPS) is 11.0. The van der Waals surface area contributed by atoms with Gasteiger partial charge in [0.25, 0.3) is 0 Å². The second-order valence-electron chi connectivity index (χ2n) is 5.06. The van der Waals surface area contributed by atoms with Crippen molar-refractivity contribution < 1.29 is 4.74 Å². The van der Waals surface area contributed by atoms with Gasteiger partial charge in [-0.1, -0.05) is 19.9 Å². The summed E-state index contributed by atoms with van der Waals surface area (Å²) < 4.78 is 5.37. The van der Waals surface area contributed by atoms with Gasteiger partial charge < -0.3 is 15.0 Å². The number of ether oxygens (including phenoxy) is 1. The van der Waals surface area contributed by atoms with Crippen LogP contribution in [0.3, 0.4) is 0 Å². The fraction of sp³-hybridized carbons (Fsp3) is 0.471. The molecule has 0 unspecified atom stereocenters. The molecule has 0 fully saturated rings. The molecule has 0 aliphatic rings. The Bertz CT molecular complexity index is 567. The van der Waals surface area contributed by atoms with E-state index in [2.05, 4.69) is 35.1 Å². The van der Waals surface area contributed by atoms with Crippen molar-refractivity contribution in [3.05, 3.63) is 30.5 Å². The third-order valence-electron chi connectivity index (χ3n) is 3.78. The van der Waals surface area contributed by atoms with Crippen molar-refractivity contribution in [2.24, 2.45) is 0 Å². The van der Waals surface area contributed by atoms with Crippen molar-refractivity contribution in [2.45, 2.75) is 20.3 Å². The smallest absolute Gasteiger partial charge is 0.121 e. The Kier molecular flexibility index (Phi) is 5.81. The van der Waals surface area contributed by atoms with Gasteiger partial charge in [-0.3, -0.25) is 4.98 Å². The Morgan fingerprint density at radius 2 is 2.05 bits per heavy atom. The van der Waals surface area contributed by atoms with E-state index in [0.29, 0.717) is 0 Å². The third kappa shape index (κ3) is 4.08. The van der Waals surface area contributed by atoms with E-state index in [0.717, 1.165) is 54.9 Å². The molecule has 21 heavy (non-hydrogen) atoms. The molecule has 114 valence electrons. The summed E-state index contributed by atoms with van der Waals surface area (Å²) in [5.41, 5.74) is 2.05. The highest BCUT2D eigenvalue weighted by molar-refractivity contribution is 5.91. The number of benzene rings is 1. The van der Waals surface area contributed by atoms with Crippen LogP contribution < -0.4 is 10.1 Å². The molecule has 1 heterocycles. The van der Waals surface area contributed by atoms with Gasteiger partial charge in [0.2, 0.25) is 0 Å². The fourth-order valence-electron chi connectivity index (χ4n) is 2.48. The molecule has 0 aliphatic heterocycles. The molecule has 4 nitrogen and oxygen atoms in total. The Morgan fingerprint density at radius 3 is 2.76 bits per heavy atom. The molecule has 0 bridgehead atoms. The van der Waals surface area contributed by atoms with Crippen molar-refractivity contribution >= 4 is 16.6 Å². The van der Waals surface area contributed by atoms with E-state index in [1.54, 1.807) is 7.11 Å². The van der Waals surface area contributed by atoms with Crippen LogP contribution in [0.5, 0.6) is 5.75 Å². The lowest BCUT2D eigenvalue weighted by molar-refractivity contribution is 0.303. The first-order valence-corrected chi connectivity index (χ1v) is 7.67. The summed E-state index contributed by atoms with van der Waals surface area (Å²) in [7, 11) is 1.70. The molecule has 2 rings (SSSR count). The fourth-order valence-corrected chi connectivity index (χ4v) is 2.48. The molecule has 1 aromatic heterocycles. The predicted octanol–water partition coefficient (Wildman–Crippen LogP) is 3.39. The maximum absolute atomic E-state index is 5.37. The zero-order chi connectivity index (χ0) is 15.1. The first kappa shape index (κ1) is 15.6. The van der Waals surface area contributed by atoms with E-state index < -0.39 is 0 Å². The maximum Gasteiger partial charge on any atom is 0.121 e. The number of hydrogen-bond donors (Lipinski definition) is 1. The summed E-state index contributed by atoms with van der Waals surface area (Å²) in [4.78, 5) is 6.91. The second kappa shape index (κ2) is 7.84. The zero-order valence-electron chi connectivity index (χ0n) is 13.2. The second-order valence-corrected chi connectivity index (χ2v) is 5.06. The third-order valence-corrected chi connectivity index (χ3v) is 3.78. The summed E-state index contributed by atoms with van der Waals surface area (Å²) in [5.74, 6) is 0.863. The van der Waals surface area contributed by atoms with Gasteiger partial charge in [0, 0.05) is 24.2 Å². The van der Waals surface area contributed by atoms with E-state index in [1.165, 1.54) is 0 Å². The van der Waals surface area contributed by atoms with E-state index in [9.17, 15) is 0 Å². The van der Waals surface area contributed by atoms with E-state index in [-0.39, 0.29) is 0 Å². The Hall–Kier alpha value is -1.81. The van der Waals surface area contributed by atoms with Crippen LogP contribution in [0.4, 0.5) is 5.69 Å². The Morgan fingerprint density at radius 1 is 1.24 bits per heavy atom. The van der Waals surface area contributed by atoms with Crippen LogP contribution in [0.25, 0.3) is 10.9 Å². The first-order chi connectivity index (χ1) is 10.3. The number of hydrogen-bond acceptors (Lipinski definition) is 4. The molecule has 1 aromatic carbocycles. The molecule has 2 aromatic rings. The van der Waals surface area contributed by atoms with Gasteiger partial charge in [-0.05, 0) is 38.2 Å². The van der Waals surface area contributed by atoms with Crippen molar-refractivity contribution in [1.82, 2.24) is 9.88 Å². The largest absolute Gasteiger partial charge is 0.497 e. The SMILES string of the molecule is CCN(CC)CCCNc1cc(OC)cc2cccnc12. The highest BCUT2D eigenvalue weighted by atomic mass is 16.5. The van der Waals surface area contributed by atoms with E-state index in [4.69, 9.17) is 4.74 Å². The first-order valence-electron chi connectivity index (χ1n) is 7.67. The molecule has 0 saturated heterocycles. The van der Waals surface area contributed by atoms with Gasteiger partial charge in [-0.15, -0.1) is 0 Å². The molecular formula is C17H25N3O. The summed E-state index contributed by atoms with van der Waals surface area (Å²) in [6.45, 7) is 8.69. The average molecular weight is 287 g/mol. The monoisotopic (exact) mass is 287 g/mol. The number of rotatable bonds is 8. The minimum absolute atomic E-state index is 0.863. The number of methoxy groups -OCH3 is 1. The summed E-state index contributed by atoms with van der Waals surface area (Å²) in [6.07, 6.45) is 2.95. The van der Waals surface area contributed by atoms with Gasteiger partial charge in [0.15, 0.2) is 0 Å². The number of aromatic nitrogens is 1. The van der Waals surface area contributed by atoms with Crippen molar-refractivity contribution in [2.75, 3.05) is 38.6 Å². The lowest BCUT2D eigenvalue weighted by atomic mass is 10.1. The molecule has 0 saturated carbocycles. The van der Waals surface area contributed by atoms with Gasteiger partial charge in [-0.25, -0.2) is 0 Å². The number of nitrogens with one attached hydrogen (secondary N) is 1. The molecule has 0 radical (unpaired) electrons. The molecular weight excluding hydrogens is 262 g/mol. The molecule has 0 aliphatic carbocycles. The molecule has 4 heteroatoms. The van der Waals surface area contributed by atoms with Crippen LogP contribution in [0, 0.1) is 0 Å². The topological polar surface area (TPSA) is 37.4 Å². The minimum Gasteiger partial charge on any atom is -0.497 e. The minimum atomic E-state index is 0.863. The molecule has 1 N–H and O–H groups in total. The van der Waals surface area contributed by atoms with Crippen LogP contribution in [0.1, 0.15) is 20.3 Å². The van der Waals surface area contributed by atoms with Crippen LogP contribution in [-0.2, 0) is 0 Å². The van der Waals surface area contributed by atoms with Crippen molar-refractivity contribution in [1.29, 1.82) is 0 Å². The van der Waals surface area contributed by atoms with Crippen molar-refractivity contribution in [3.63, 3.8) is 0 Å². The molecule has 0 amide bonds. The number of anilines is 1. The van der Waals surface area contributed by atoms with Gasteiger partial charge >= 0.3 is 0 Å². The van der Waals surface area contributed by atoms with Crippen LogP contribution in [0.2, 0.25) is 0 Å². The highest BCUT2D eigenvalue weighted by Crippen LogP contribution is 2.27. The standard InChI is InChI=1S/C17H25N3O/c1-4-20(5-2)11-7-10-18-16-13-15(21-3)12-14-8-6-9-19-17(14)16/h6,8-9,12-13,18H,4-5,7,10-11H2,1-3H3. The Balaban J connectivity index is 2.04. The van der Waals surface area contributed by atoms with E-state index in [1.807, 2.05) is 24.4 Å². The lowest BCUT2D eigenvalue weighted by Crippen LogP contribution is -2.25. The number of nitrogens with zero attached hydrogens (tertiary/aromatic N) is 2. The van der Waals surface area contributed by atoms with Gasteiger partial charge in [0.05, 0.1) is 18.3 Å². The maximum atomic E-state index is 5.37. The number of pyridine rings is 1. The average Bonchev–Trinajstić information content (AvgIpc) is 2.54. The van der Waals surface area contributed by atoms with Gasteiger partial charge in [0.1, 0.15) is 5.75 Å². The van der Waals surface area contributed by atoms with Crippen LogP contribution in [-0.4, -0.2) is 43.2 Å². The predicted molar refractivity (Wildman–Crippen MR) is 89.2 cm³/mol. The Labute approximate surface area is 127 Å². The summed E-state index contributed by atoms with van der Waals surface area (Å²) in [5, 5.41) is 4.60. The lowest BCUT2D eigenvalue weighted by Gasteiger charge is -2.18. The summed E-state index contributed by atoms with van der Waals surface area (Å²) >= 11 is 0. The molecule has 0 spiro atoms.